The fourth-order valence-corrected chi connectivity index (χ4v) is 2.99. The van der Waals surface area contributed by atoms with Crippen LogP contribution in [0.15, 0.2) is 29.4 Å². The summed E-state index contributed by atoms with van der Waals surface area (Å²) in [5, 5.41) is 4.31. The molecule has 138 valence electrons. The number of carbonyl (C=O) groups is 1. The number of halogens is 1. The van der Waals surface area contributed by atoms with Crippen LogP contribution >= 0.6 is 0 Å². The molecular formula is C20H29FN2O2. The van der Waals surface area contributed by atoms with E-state index in [0.717, 1.165) is 31.4 Å². The monoisotopic (exact) mass is 348 g/mol. The summed E-state index contributed by atoms with van der Waals surface area (Å²) in [5.41, 5.74) is 3.68. The second-order valence-corrected chi connectivity index (χ2v) is 6.64. The molecular weight excluding hydrogens is 319 g/mol. The lowest BCUT2D eigenvalue weighted by Crippen LogP contribution is -2.26. The molecule has 1 aliphatic rings. The third-order valence-corrected chi connectivity index (χ3v) is 4.45. The Morgan fingerprint density at radius 2 is 1.44 bits per heavy atom. The van der Waals surface area contributed by atoms with Gasteiger partial charge in [0.15, 0.2) is 6.61 Å². The number of rotatable bonds is 4. The van der Waals surface area contributed by atoms with Crippen LogP contribution in [-0.2, 0) is 4.79 Å². The quantitative estimate of drug-likeness (QED) is 0.780. The first kappa shape index (κ1) is 19.4. The molecule has 2 rings (SSSR count). The molecule has 1 N–H and O–H groups in total. The Hall–Kier alpha value is -1.91. The number of nitrogens with one attached hydrogen (secondary N) is 1. The molecule has 0 atom stereocenters. The van der Waals surface area contributed by atoms with Gasteiger partial charge in [0.1, 0.15) is 11.6 Å². The summed E-state index contributed by atoms with van der Waals surface area (Å²) in [6.45, 7) is -0.123. The van der Waals surface area contributed by atoms with Crippen molar-refractivity contribution < 1.29 is 13.9 Å². The highest BCUT2D eigenvalue weighted by atomic mass is 19.1. The van der Waals surface area contributed by atoms with Crippen molar-refractivity contribution in [2.75, 3.05) is 6.61 Å². The van der Waals surface area contributed by atoms with Crippen LogP contribution in [0.1, 0.15) is 70.6 Å². The van der Waals surface area contributed by atoms with Gasteiger partial charge in [-0.25, -0.2) is 9.82 Å². The zero-order chi connectivity index (χ0) is 17.7. The first-order valence-corrected chi connectivity index (χ1v) is 9.47. The largest absolute Gasteiger partial charge is 0.484 e. The fourth-order valence-electron chi connectivity index (χ4n) is 2.99. The summed E-state index contributed by atoms with van der Waals surface area (Å²) >= 11 is 0. The van der Waals surface area contributed by atoms with Gasteiger partial charge in [-0.1, -0.05) is 44.9 Å². The van der Waals surface area contributed by atoms with Crippen molar-refractivity contribution in [3.8, 4) is 5.75 Å². The third-order valence-electron chi connectivity index (χ3n) is 4.45. The second-order valence-electron chi connectivity index (χ2n) is 6.64. The van der Waals surface area contributed by atoms with Crippen molar-refractivity contribution in [1.82, 2.24) is 5.43 Å². The summed E-state index contributed by atoms with van der Waals surface area (Å²) in [6.07, 6.45) is 13.3. The summed E-state index contributed by atoms with van der Waals surface area (Å²) in [4.78, 5) is 11.9. The van der Waals surface area contributed by atoms with Crippen molar-refractivity contribution >= 4 is 11.6 Å². The van der Waals surface area contributed by atoms with Gasteiger partial charge >= 0.3 is 0 Å². The molecule has 0 saturated heterocycles. The lowest BCUT2D eigenvalue weighted by molar-refractivity contribution is -0.123. The van der Waals surface area contributed by atoms with E-state index in [4.69, 9.17) is 4.74 Å². The first-order chi connectivity index (χ1) is 12.2. The molecule has 0 bridgehead atoms. The van der Waals surface area contributed by atoms with Gasteiger partial charge in [-0.2, -0.15) is 5.10 Å². The molecule has 1 fully saturated rings. The number of amides is 1. The summed E-state index contributed by atoms with van der Waals surface area (Å²) < 4.78 is 18.2. The number of carbonyl (C=O) groups excluding carboxylic acids is 1. The summed E-state index contributed by atoms with van der Waals surface area (Å²) in [5.74, 6) is -0.149. The van der Waals surface area contributed by atoms with Crippen LogP contribution in [0.2, 0.25) is 0 Å². The average Bonchev–Trinajstić information content (AvgIpc) is 2.61. The molecule has 0 spiro atoms. The molecule has 1 aromatic rings. The maximum Gasteiger partial charge on any atom is 0.277 e. The van der Waals surface area contributed by atoms with E-state index in [9.17, 15) is 9.18 Å². The number of hydrazone groups is 1. The molecule has 1 aromatic carbocycles. The normalized spacial score (nSPS) is 17.1. The molecule has 5 heteroatoms. The van der Waals surface area contributed by atoms with Gasteiger partial charge in [0, 0.05) is 5.71 Å². The lowest BCUT2D eigenvalue weighted by Gasteiger charge is -2.10. The number of hydrogen-bond donors (Lipinski definition) is 1. The zero-order valence-electron chi connectivity index (χ0n) is 14.9. The topological polar surface area (TPSA) is 50.7 Å². The Balaban J connectivity index is 1.75. The summed E-state index contributed by atoms with van der Waals surface area (Å²) in [6, 6.07) is 5.61. The van der Waals surface area contributed by atoms with E-state index in [1.54, 1.807) is 0 Å². The van der Waals surface area contributed by atoms with Crippen LogP contribution < -0.4 is 10.2 Å². The van der Waals surface area contributed by atoms with Crippen LogP contribution in [0.25, 0.3) is 0 Å². The highest BCUT2D eigenvalue weighted by molar-refractivity contribution is 5.86. The Morgan fingerprint density at radius 1 is 0.920 bits per heavy atom. The predicted molar refractivity (Wildman–Crippen MR) is 98.3 cm³/mol. The van der Waals surface area contributed by atoms with Crippen LogP contribution in [0, 0.1) is 5.82 Å². The Morgan fingerprint density at radius 3 is 2.00 bits per heavy atom. The number of nitrogens with zero attached hydrogens (tertiary/aromatic N) is 1. The van der Waals surface area contributed by atoms with Gasteiger partial charge in [0.05, 0.1) is 0 Å². The van der Waals surface area contributed by atoms with Crippen LogP contribution in [0.4, 0.5) is 4.39 Å². The third kappa shape index (κ3) is 8.66. The molecule has 25 heavy (non-hydrogen) atoms. The van der Waals surface area contributed by atoms with Crippen molar-refractivity contribution in [1.29, 1.82) is 0 Å². The van der Waals surface area contributed by atoms with E-state index in [2.05, 4.69) is 10.5 Å². The van der Waals surface area contributed by atoms with Crippen molar-refractivity contribution in [3.63, 3.8) is 0 Å². The molecule has 0 radical (unpaired) electrons. The molecule has 1 saturated carbocycles. The first-order valence-electron chi connectivity index (χ1n) is 9.47. The van der Waals surface area contributed by atoms with Gasteiger partial charge in [-0.15, -0.1) is 0 Å². The molecule has 0 unspecified atom stereocenters. The van der Waals surface area contributed by atoms with Crippen LogP contribution in [0.3, 0.4) is 0 Å². The molecule has 0 heterocycles. The number of ether oxygens (including phenoxy) is 1. The van der Waals surface area contributed by atoms with E-state index in [1.165, 1.54) is 69.2 Å². The highest BCUT2D eigenvalue weighted by Crippen LogP contribution is 2.15. The predicted octanol–water partition coefficient (Wildman–Crippen LogP) is 4.98. The van der Waals surface area contributed by atoms with E-state index in [-0.39, 0.29) is 18.3 Å². The SMILES string of the molecule is O=C(COc1ccc(F)cc1)NN=C1CCCCCCCCCCC1. The fraction of sp³-hybridized carbons (Fsp3) is 0.600. The van der Waals surface area contributed by atoms with E-state index < -0.39 is 0 Å². The zero-order valence-corrected chi connectivity index (χ0v) is 14.9. The minimum absolute atomic E-state index is 0.123. The van der Waals surface area contributed by atoms with Gasteiger partial charge in [-0.3, -0.25) is 4.79 Å². The smallest absolute Gasteiger partial charge is 0.277 e. The van der Waals surface area contributed by atoms with Gasteiger partial charge in [-0.05, 0) is 49.9 Å². The minimum Gasteiger partial charge on any atom is -0.484 e. The molecule has 1 aliphatic carbocycles. The van der Waals surface area contributed by atoms with Crippen molar-refractivity contribution in [2.45, 2.75) is 70.6 Å². The van der Waals surface area contributed by atoms with Crippen molar-refractivity contribution in [2.24, 2.45) is 5.10 Å². The second kappa shape index (κ2) is 11.6. The van der Waals surface area contributed by atoms with Gasteiger partial charge in [0.2, 0.25) is 0 Å². The Kier molecular flexibility index (Phi) is 9.02. The van der Waals surface area contributed by atoms with Crippen LogP contribution in [0.5, 0.6) is 5.75 Å². The average molecular weight is 348 g/mol. The lowest BCUT2D eigenvalue weighted by atomic mass is 10.00. The van der Waals surface area contributed by atoms with Gasteiger partial charge < -0.3 is 4.74 Å². The summed E-state index contributed by atoms with van der Waals surface area (Å²) in [7, 11) is 0. The standard InChI is InChI=1S/C20H29FN2O2/c21-17-12-14-19(15-13-17)25-16-20(24)23-22-18-10-8-6-4-2-1-3-5-7-9-11-18/h12-15H,1-11,16H2,(H,23,24). The van der Waals surface area contributed by atoms with E-state index in [1.807, 2.05) is 0 Å². The molecule has 4 nitrogen and oxygen atoms in total. The van der Waals surface area contributed by atoms with Crippen LogP contribution in [-0.4, -0.2) is 18.2 Å². The van der Waals surface area contributed by atoms with Crippen molar-refractivity contribution in [3.05, 3.63) is 30.1 Å². The minimum atomic E-state index is -0.328. The maximum atomic E-state index is 12.8. The highest BCUT2D eigenvalue weighted by Gasteiger charge is 2.06. The number of hydrogen-bond acceptors (Lipinski definition) is 3. The number of benzene rings is 1. The maximum absolute atomic E-state index is 12.8. The Labute approximate surface area is 149 Å². The molecule has 0 aliphatic heterocycles. The van der Waals surface area contributed by atoms with Gasteiger partial charge in [0.25, 0.3) is 5.91 Å². The molecule has 0 aromatic heterocycles. The molecule has 1 amide bonds. The van der Waals surface area contributed by atoms with E-state index in [0.29, 0.717) is 5.75 Å². The Bertz CT molecular complexity index is 529. The van der Waals surface area contributed by atoms with E-state index >= 15 is 0 Å².